The van der Waals surface area contributed by atoms with Gasteiger partial charge in [-0.15, -0.1) is 0 Å². The van der Waals surface area contributed by atoms with Crippen LogP contribution in [0.2, 0.25) is 0 Å². The van der Waals surface area contributed by atoms with Crippen molar-refractivity contribution < 1.29 is 47.9 Å². The number of hydrogen-bond donors (Lipinski definition) is 0. The molecule has 2 fully saturated rings. The lowest BCUT2D eigenvalue weighted by molar-refractivity contribution is -0.207. The number of amides is 1. The predicted molar refractivity (Wildman–Crippen MR) is 127 cm³/mol. The van der Waals surface area contributed by atoms with Crippen LogP contribution >= 0.6 is 0 Å². The number of halogens is 3. The van der Waals surface area contributed by atoms with E-state index in [1.807, 2.05) is 0 Å². The molecule has 0 spiro atoms. The molecule has 1 heterocycles. The molecule has 1 saturated heterocycles. The minimum absolute atomic E-state index is 0.0529. The zero-order valence-electron chi connectivity index (χ0n) is 22.1. The Morgan fingerprint density at radius 2 is 1.95 bits per heavy atom. The Labute approximate surface area is 220 Å². The summed E-state index contributed by atoms with van der Waals surface area (Å²) in [6, 6.07) is 6.67. The number of methoxy groups -OCH3 is 1. The van der Waals surface area contributed by atoms with Crippen molar-refractivity contribution in [3.8, 4) is 0 Å². The molecule has 2 aliphatic carbocycles. The van der Waals surface area contributed by atoms with Crippen LogP contribution in [0.15, 0.2) is 42.5 Å². The molecule has 0 aromatic heterocycles. The Hall–Kier alpha value is -2.92. The summed E-state index contributed by atoms with van der Waals surface area (Å²) in [6.07, 6.45) is -2.24. The van der Waals surface area contributed by atoms with Crippen LogP contribution in [0.3, 0.4) is 0 Å². The second kappa shape index (κ2) is 11.1. The Morgan fingerprint density at radius 1 is 1.21 bits per heavy atom. The summed E-state index contributed by atoms with van der Waals surface area (Å²) < 4.78 is 71.1. The third-order valence-corrected chi connectivity index (χ3v) is 7.70. The lowest BCUT2D eigenvalue weighted by atomic mass is 9.60. The number of rotatable bonds is 8. The van der Waals surface area contributed by atoms with Crippen LogP contribution < -0.4 is 0 Å². The van der Waals surface area contributed by atoms with E-state index in [1.54, 1.807) is 30.3 Å². The summed E-state index contributed by atoms with van der Waals surface area (Å²) in [6.45, 7) is 1.15. The maximum absolute atomic E-state index is 13.9. The van der Waals surface area contributed by atoms with Crippen molar-refractivity contribution in [1.82, 2.24) is 4.90 Å². The topological polar surface area (TPSA) is 91.4 Å². The van der Waals surface area contributed by atoms with E-state index >= 15 is 0 Å². The molecule has 4 atom stereocenters. The molecule has 1 saturated carbocycles. The fourth-order valence-corrected chi connectivity index (χ4v) is 5.74. The number of ether oxygens (including phenoxy) is 4. The molecule has 4 rings (SSSR count). The average molecular weight is 541 g/mol. The number of alkyl halides is 3. The highest BCUT2D eigenvalue weighted by Crippen LogP contribution is 2.56. The van der Waals surface area contributed by atoms with Crippen molar-refractivity contribution in [2.75, 3.05) is 20.3 Å². The normalized spacial score (nSPS) is 28.6. The van der Waals surface area contributed by atoms with E-state index in [2.05, 4.69) is 0 Å². The van der Waals surface area contributed by atoms with Gasteiger partial charge in [-0.05, 0) is 37.7 Å². The number of carbonyl (C=O) groups excluding carboxylic acids is 3. The van der Waals surface area contributed by atoms with Gasteiger partial charge >= 0.3 is 24.0 Å². The molecule has 1 aromatic carbocycles. The van der Waals surface area contributed by atoms with Crippen LogP contribution in [0.25, 0.3) is 0 Å². The minimum Gasteiger partial charge on any atom is -0.460 e. The molecule has 0 N–H and O–H groups in total. The third kappa shape index (κ3) is 5.31. The second-order valence-corrected chi connectivity index (χ2v) is 9.95. The van der Waals surface area contributed by atoms with Crippen LogP contribution in [-0.2, 0) is 39.9 Å². The zero-order valence-corrected chi connectivity index (χ0v) is 21.1. The fraction of sp³-hybridized carbons (Fsp3) is 0.593. The minimum atomic E-state index is -5.19. The van der Waals surface area contributed by atoms with Crippen LogP contribution in [0.5, 0.6) is 0 Å². The lowest BCUT2D eigenvalue weighted by Crippen LogP contribution is -2.62. The third-order valence-electron chi connectivity index (χ3n) is 7.70. The van der Waals surface area contributed by atoms with Gasteiger partial charge in [0.25, 0.3) is 0 Å². The predicted octanol–water partition coefficient (Wildman–Crippen LogP) is 3.73. The van der Waals surface area contributed by atoms with E-state index in [0.717, 1.165) is 0 Å². The van der Waals surface area contributed by atoms with Crippen LogP contribution in [0.4, 0.5) is 13.2 Å². The largest absolute Gasteiger partial charge is 0.471 e. The highest BCUT2D eigenvalue weighted by atomic mass is 19.4. The molecule has 1 aromatic rings. The second-order valence-electron chi connectivity index (χ2n) is 9.95. The van der Waals surface area contributed by atoms with E-state index in [9.17, 15) is 27.6 Å². The van der Waals surface area contributed by atoms with Crippen molar-refractivity contribution in [2.24, 2.45) is 5.41 Å². The smallest absolute Gasteiger partial charge is 0.460 e. The molecule has 208 valence electrons. The van der Waals surface area contributed by atoms with Gasteiger partial charge in [0, 0.05) is 20.6 Å². The van der Waals surface area contributed by atoms with Gasteiger partial charge < -0.3 is 23.8 Å². The molecule has 8 nitrogen and oxygen atoms in total. The SMILES string of the molecule is [2H]CO[C@@H]1COCC[C@@H]1N(C(=O)C(F)(F)F)[C@@H]1C=C[C@@](C(=O)OCc2ccccc2)(C2(OC(C)=O)CCC2)C1. The lowest BCUT2D eigenvalue weighted by Gasteiger charge is -2.51. The highest BCUT2D eigenvalue weighted by Gasteiger charge is 2.65. The molecule has 1 amide bonds. The Bertz CT molecular complexity index is 1080. The summed E-state index contributed by atoms with van der Waals surface area (Å²) in [5.74, 6) is -3.44. The van der Waals surface area contributed by atoms with E-state index in [0.29, 0.717) is 29.7 Å². The number of carbonyl (C=O) groups is 3. The molecular formula is C27H32F3NO7. The molecule has 11 heteroatoms. The molecular weight excluding hydrogens is 507 g/mol. The highest BCUT2D eigenvalue weighted by molar-refractivity contribution is 5.85. The van der Waals surface area contributed by atoms with Crippen molar-refractivity contribution in [3.05, 3.63) is 48.0 Å². The van der Waals surface area contributed by atoms with Crippen LogP contribution in [0.1, 0.15) is 46.0 Å². The van der Waals surface area contributed by atoms with Crippen LogP contribution in [0, 0.1) is 5.41 Å². The maximum atomic E-state index is 13.9. The number of esters is 2. The van der Waals surface area contributed by atoms with Gasteiger partial charge in [0.1, 0.15) is 23.7 Å². The van der Waals surface area contributed by atoms with Crippen molar-refractivity contribution in [3.63, 3.8) is 0 Å². The first-order valence-electron chi connectivity index (χ1n) is 13.2. The zero-order chi connectivity index (χ0) is 28.3. The van der Waals surface area contributed by atoms with Gasteiger partial charge in [-0.2, -0.15) is 13.2 Å². The molecule has 0 radical (unpaired) electrons. The Morgan fingerprint density at radius 3 is 2.55 bits per heavy atom. The molecule has 38 heavy (non-hydrogen) atoms. The molecule has 0 bridgehead atoms. The van der Waals surface area contributed by atoms with Gasteiger partial charge in [-0.1, -0.05) is 42.5 Å². The van der Waals surface area contributed by atoms with Crippen molar-refractivity contribution >= 4 is 17.8 Å². The van der Waals surface area contributed by atoms with Gasteiger partial charge in [0.2, 0.25) is 0 Å². The quantitative estimate of drug-likeness (QED) is 0.367. The summed E-state index contributed by atoms with van der Waals surface area (Å²) in [4.78, 5) is 39.4. The summed E-state index contributed by atoms with van der Waals surface area (Å²) in [7, 11) is -0.523. The number of nitrogens with zero attached hydrogens (tertiary/aromatic N) is 1. The number of benzene rings is 1. The van der Waals surface area contributed by atoms with E-state index < -0.39 is 60.3 Å². The summed E-state index contributed by atoms with van der Waals surface area (Å²) >= 11 is 0. The van der Waals surface area contributed by atoms with E-state index in [-0.39, 0.29) is 32.7 Å². The number of hydrogen-bond acceptors (Lipinski definition) is 7. The first kappa shape index (κ1) is 26.7. The first-order chi connectivity index (χ1) is 18.5. The summed E-state index contributed by atoms with van der Waals surface area (Å²) in [5, 5.41) is 0. The Kier molecular flexibility index (Phi) is 7.76. The molecule has 0 unspecified atom stereocenters. The summed E-state index contributed by atoms with van der Waals surface area (Å²) in [5.41, 5.74) is -2.20. The van der Waals surface area contributed by atoms with Gasteiger partial charge in [0.15, 0.2) is 0 Å². The van der Waals surface area contributed by atoms with Gasteiger partial charge in [-0.3, -0.25) is 14.4 Å². The van der Waals surface area contributed by atoms with Gasteiger partial charge in [-0.25, -0.2) is 0 Å². The van der Waals surface area contributed by atoms with Crippen molar-refractivity contribution in [2.45, 2.75) is 75.6 Å². The standard InChI is InChI=1S/C27H32F3NO7/c1-18(32)38-26(11-6-12-26)25(24(34)37-16-19-7-4-3-5-8-19)13-9-20(15-25)31(23(33)27(28,29)30)21-10-14-36-17-22(21)35-2/h3-5,7-9,13,20-22H,6,10-12,14-17H2,1-2H3/t20-,21+,22-,25-/m1/s1/i2D. The molecule has 3 aliphatic rings. The van der Waals surface area contributed by atoms with Crippen molar-refractivity contribution in [1.29, 1.82) is 0 Å². The first-order valence-corrected chi connectivity index (χ1v) is 12.5. The van der Waals surface area contributed by atoms with Gasteiger partial charge in [0.05, 0.1) is 20.1 Å². The van der Waals surface area contributed by atoms with Crippen LogP contribution in [-0.4, -0.2) is 73.0 Å². The average Bonchev–Trinajstić information content (AvgIpc) is 3.32. The maximum Gasteiger partial charge on any atom is 0.471 e. The Balaban J connectivity index is 1.69. The monoisotopic (exact) mass is 540 g/mol. The molecule has 1 aliphatic heterocycles. The van der Waals surface area contributed by atoms with E-state index in [4.69, 9.17) is 20.3 Å². The van der Waals surface area contributed by atoms with E-state index in [1.165, 1.54) is 19.1 Å². The fourth-order valence-electron chi connectivity index (χ4n) is 5.74.